The van der Waals surface area contributed by atoms with Crippen molar-refractivity contribution in [2.75, 3.05) is 13.2 Å². The molecule has 0 aromatic carbocycles. The van der Waals surface area contributed by atoms with Crippen LogP contribution in [-0.4, -0.2) is 45.6 Å². The Bertz CT molecular complexity index is 902. The summed E-state index contributed by atoms with van der Waals surface area (Å²) in [6.45, 7) is 4.52. The number of hydrogen-bond acceptors (Lipinski definition) is 4. The summed E-state index contributed by atoms with van der Waals surface area (Å²) in [4.78, 5) is 41.1. The van der Waals surface area contributed by atoms with Crippen molar-refractivity contribution >= 4 is 17.9 Å². The summed E-state index contributed by atoms with van der Waals surface area (Å²) in [5.41, 5.74) is 1.17. The quantitative estimate of drug-likeness (QED) is 0.755. The second-order valence-electron chi connectivity index (χ2n) is 8.32. The van der Waals surface area contributed by atoms with Crippen molar-refractivity contribution in [3.05, 3.63) is 39.8 Å². The highest BCUT2D eigenvalue weighted by Crippen LogP contribution is 2.50. The number of allylic oxidation sites excluding steroid dienone is 1. The third-order valence-corrected chi connectivity index (χ3v) is 6.45. The van der Waals surface area contributed by atoms with E-state index in [2.05, 4.69) is 5.32 Å². The van der Waals surface area contributed by atoms with Gasteiger partial charge < -0.3 is 19.9 Å². The lowest BCUT2D eigenvalue weighted by Gasteiger charge is -2.38. The maximum absolute atomic E-state index is 13.1. The smallest absolute Gasteiger partial charge is 0.258 e. The van der Waals surface area contributed by atoms with Crippen LogP contribution in [0.1, 0.15) is 50.4 Å². The van der Waals surface area contributed by atoms with Gasteiger partial charge in [0, 0.05) is 42.8 Å². The number of amides is 2. The molecule has 4 atom stereocenters. The molecule has 1 saturated heterocycles. The van der Waals surface area contributed by atoms with Crippen LogP contribution in [0.15, 0.2) is 23.0 Å². The minimum atomic E-state index is -0.556. The fourth-order valence-electron chi connectivity index (χ4n) is 4.94. The molecular formula is C22H29N3O4. The normalized spacial score (nSPS) is 27.9. The number of nitrogens with one attached hydrogen (secondary N) is 1. The summed E-state index contributed by atoms with van der Waals surface area (Å²) in [5.74, 6) is -1.02. The van der Waals surface area contributed by atoms with E-state index in [4.69, 9.17) is 0 Å². The molecule has 1 aromatic rings. The molecule has 3 heterocycles. The Kier molecular flexibility index (Phi) is 5.34. The van der Waals surface area contributed by atoms with Crippen LogP contribution in [0.3, 0.4) is 0 Å². The third kappa shape index (κ3) is 3.21. The molecule has 0 radical (unpaired) electrons. The number of aliphatic hydroxyl groups is 1. The summed E-state index contributed by atoms with van der Waals surface area (Å²) in [5, 5.41) is 13.1. The van der Waals surface area contributed by atoms with Crippen molar-refractivity contribution in [3.63, 3.8) is 0 Å². The lowest BCUT2D eigenvalue weighted by molar-refractivity contribution is -0.138. The number of carbonyl (C=O) groups is 2. The van der Waals surface area contributed by atoms with E-state index in [0.29, 0.717) is 24.3 Å². The molecule has 4 rings (SSSR count). The SMILES string of the molecule is C/C=C\c1ccc2n(c1=O)C[C@@H]1[C@@H](CO)[C@H](C(=O)NCCC)[C@H]2N1C(=O)C1CC1. The van der Waals surface area contributed by atoms with Gasteiger partial charge in [-0.15, -0.1) is 0 Å². The Labute approximate surface area is 170 Å². The van der Waals surface area contributed by atoms with Crippen molar-refractivity contribution in [2.24, 2.45) is 17.8 Å². The lowest BCUT2D eigenvalue weighted by atomic mass is 9.86. The average Bonchev–Trinajstić information content (AvgIpc) is 3.53. The van der Waals surface area contributed by atoms with Gasteiger partial charge in [0.2, 0.25) is 11.8 Å². The highest BCUT2D eigenvalue weighted by Gasteiger charge is 2.58. The van der Waals surface area contributed by atoms with Gasteiger partial charge in [0.05, 0.1) is 18.0 Å². The average molecular weight is 399 g/mol. The molecule has 2 fully saturated rings. The first kappa shape index (κ1) is 19.9. The Hall–Kier alpha value is -2.41. The molecule has 1 saturated carbocycles. The van der Waals surface area contributed by atoms with Crippen LogP contribution in [0.25, 0.3) is 6.08 Å². The predicted octanol–water partition coefficient (Wildman–Crippen LogP) is 1.31. The first-order valence-electron chi connectivity index (χ1n) is 10.6. The maximum atomic E-state index is 13.1. The summed E-state index contributed by atoms with van der Waals surface area (Å²) in [7, 11) is 0. The third-order valence-electron chi connectivity index (χ3n) is 6.45. The molecule has 2 bridgehead atoms. The van der Waals surface area contributed by atoms with Crippen LogP contribution >= 0.6 is 0 Å². The number of pyridine rings is 1. The van der Waals surface area contributed by atoms with E-state index < -0.39 is 12.0 Å². The monoisotopic (exact) mass is 399 g/mol. The zero-order valence-electron chi connectivity index (χ0n) is 17.0. The summed E-state index contributed by atoms with van der Waals surface area (Å²) in [6.07, 6.45) is 6.15. The lowest BCUT2D eigenvalue weighted by Crippen LogP contribution is -2.49. The topological polar surface area (TPSA) is 91.6 Å². The second-order valence-corrected chi connectivity index (χ2v) is 8.32. The summed E-state index contributed by atoms with van der Waals surface area (Å²) in [6, 6.07) is 2.77. The minimum Gasteiger partial charge on any atom is -0.396 e. The molecule has 156 valence electrons. The van der Waals surface area contributed by atoms with E-state index in [-0.39, 0.29) is 41.9 Å². The van der Waals surface area contributed by atoms with E-state index in [1.807, 2.05) is 30.9 Å². The molecule has 3 aliphatic rings. The van der Waals surface area contributed by atoms with E-state index >= 15 is 0 Å². The van der Waals surface area contributed by atoms with Crippen LogP contribution in [0.5, 0.6) is 0 Å². The van der Waals surface area contributed by atoms with Gasteiger partial charge in [0.1, 0.15) is 0 Å². The van der Waals surface area contributed by atoms with Gasteiger partial charge in [-0.05, 0) is 38.3 Å². The number of aromatic nitrogens is 1. The van der Waals surface area contributed by atoms with Crippen molar-refractivity contribution in [2.45, 2.75) is 51.7 Å². The van der Waals surface area contributed by atoms with E-state index in [0.717, 1.165) is 19.3 Å². The van der Waals surface area contributed by atoms with E-state index in [1.54, 1.807) is 16.7 Å². The molecule has 2 aliphatic heterocycles. The summed E-state index contributed by atoms with van der Waals surface area (Å²) >= 11 is 0. The molecule has 1 aromatic heterocycles. The van der Waals surface area contributed by atoms with Crippen LogP contribution in [0, 0.1) is 17.8 Å². The molecule has 2 N–H and O–H groups in total. The van der Waals surface area contributed by atoms with Crippen molar-refractivity contribution < 1.29 is 14.7 Å². The molecule has 29 heavy (non-hydrogen) atoms. The number of carbonyl (C=O) groups excluding carboxylic acids is 2. The molecule has 7 heteroatoms. The first-order chi connectivity index (χ1) is 14.0. The molecule has 0 unspecified atom stereocenters. The van der Waals surface area contributed by atoms with Crippen molar-refractivity contribution in [1.82, 2.24) is 14.8 Å². The van der Waals surface area contributed by atoms with E-state index in [1.165, 1.54) is 0 Å². The van der Waals surface area contributed by atoms with Gasteiger partial charge in [-0.25, -0.2) is 0 Å². The minimum absolute atomic E-state index is 0.0114. The van der Waals surface area contributed by atoms with Gasteiger partial charge in [0.15, 0.2) is 0 Å². The van der Waals surface area contributed by atoms with Crippen LogP contribution in [0.2, 0.25) is 0 Å². The highest BCUT2D eigenvalue weighted by atomic mass is 16.3. The standard InChI is InChI=1S/C22H29N3O4/c1-3-5-13-8-9-16-19-18(20(27)23-10-4-2)15(12-26)17(11-24(16)21(13)28)25(19)22(29)14-6-7-14/h3,5,8-9,14-15,17-19,26H,4,6-7,10-12H2,1-2H3,(H,23,27)/b5-3-/t15-,17-,18+,19+/m1/s1. The van der Waals surface area contributed by atoms with Gasteiger partial charge >= 0.3 is 0 Å². The van der Waals surface area contributed by atoms with Gasteiger partial charge in [-0.1, -0.05) is 19.1 Å². The fourth-order valence-corrected chi connectivity index (χ4v) is 4.94. The fraction of sp³-hybridized carbons (Fsp3) is 0.591. The molecule has 1 aliphatic carbocycles. The van der Waals surface area contributed by atoms with Gasteiger partial charge in [0.25, 0.3) is 5.56 Å². The maximum Gasteiger partial charge on any atom is 0.258 e. The van der Waals surface area contributed by atoms with Crippen molar-refractivity contribution in [1.29, 1.82) is 0 Å². The molecule has 7 nitrogen and oxygen atoms in total. The zero-order chi connectivity index (χ0) is 20.7. The van der Waals surface area contributed by atoms with Crippen LogP contribution in [0.4, 0.5) is 0 Å². The Morgan fingerprint density at radius 1 is 1.31 bits per heavy atom. The van der Waals surface area contributed by atoms with Gasteiger partial charge in [-0.3, -0.25) is 14.4 Å². The largest absolute Gasteiger partial charge is 0.396 e. The molecular weight excluding hydrogens is 370 g/mol. The second kappa shape index (κ2) is 7.78. The number of aliphatic hydroxyl groups excluding tert-OH is 1. The Balaban J connectivity index is 1.83. The first-order valence-corrected chi connectivity index (χ1v) is 10.6. The molecule has 2 amide bonds. The highest BCUT2D eigenvalue weighted by molar-refractivity contribution is 5.86. The predicted molar refractivity (Wildman–Crippen MR) is 109 cm³/mol. The van der Waals surface area contributed by atoms with Gasteiger partial charge in [-0.2, -0.15) is 0 Å². The van der Waals surface area contributed by atoms with E-state index in [9.17, 15) is 19.5 Å². The molecule has 0 spiro atoms. The Morgan fingerprint density at radius 3 is 2.69 bits per heavy atom. The van der Waals surface area contributed by atoms with Crippen LogP contribution in [-0.2, 0) is 16.1 Å². The zero-order valence-corrected chi connectivity index (χ0v) is 17.0. The van der Waals surface area contributed by atoms with Crippen LogP contribution < -0.4 is 10.9 Å². The number of fused-ring (bicyclic) bond motifs is 4. The number of hydrogen-bond donors (Lipinski definition) is 2. The van der Waals surface area contributed by atoms with Crippen molar-refractivity contribution in [3.8, 4) is 0 Å². The number of nitrogens with zero attached hydrogens (tertiary/aromatic N) is 2. The number of rotatable bonds is 6. The Morgan fingerprint density at radius 2 is 2.07 bits per heavy atom. The summed E-state index contributed by atoms with van der Waals surface area (Å²) < 4.78 is 1.71.